The molecular formula is C7H14N2O. The predicted octanol–water partition coefficient (Wildman–Crippen LogP) is 0.00230. The third-order valence-electron chi connectivity index (χ3n) is 2.02. The van der Waals surface area contributed by atoms with Gasteiger partial charge >= 0.3 is 0 Å². The molecule has 3 N–H and O–H groups in total. The Morgan fingerprint density at radius 3 is 3.00 bits per heavy atom. The molecule has 1 aliphatic heterocycles. The summed E-state index contributed by atoms with van der Waals surface area (Å²) in [6, 6.07) is 0.379. The molecule has 1 aliphatic rings. The van der Waals surface area contributed by atoms with Crippen LogP contribution in [0.5, 0.6) is 0 Å². The van der Waals surface area contributed by atoms with Gasteiger partial charge in [0.2, 0.25) is 5.91 Å². The molecule has 1 fully saturated rings. The summed E-state index contributed by atoms with van der Waals surface area (Å²) in [5.41, 5.74) is 5.73. The smallest absolute Gasteiger partial charge is 0.220 e. The van der Waals surface area contributed by atoms with Crippen LogP contribution < -0.4 is 11.1 Å². The summed E-state index contributed by atoms with van der Waals surface area (Å²) in [7, 11) is 0. The van der Waals surface area contributed by atoms with E-state index >= 15 is 0 Å². The lowest BCUT2D eigenvalue weighted by molar-refractivity contribution is -0.119. The van der Waals surface area contributed by atoms with Crippen molar-refractivity contribution in [2.24, 2.45) is 5.73 Å². The second-order valence-electron chi connectivity index (χ2n) is 2.78. The molecule has 0 saturated carbocycles. The number of hydrogen-bond acceptors (Lipinski definition) is 2. The maximum atomic E-state index is 10.7. The Bertz CT molecular complexity index is 136. The van der Waals surface area contributed by atoms with E-state index in [4.69, 9.17) is 5.73 Å². The average Bonchev–Trinajstić information content (AvgIpc) is 2.34. The van der Waals surface area contributed by atoms with Crippen molar-refractivity contribution < 1.29 is 4.79 Å². The average molecular weight is 142 g/mol. The standard InChI is InChI=1S/C7H14N2O/c1-2-5(8)6-3-4-7(10)9-6/h5-6H,2-4,8H2,1H3,(H,9,10). The molecule has 0 radical (unpaired) electrons. The minimum absolute atomic E-state index is 0.145. The van der Waals surface area contributed by atoms with Crippen molar-refractivity contribution in [3.8, 4) is 0 Å². The van der Waals surface area contributed by atoms with E-state index < -0.39 is 0 Å². The number of amides is 1. The van der Waals surface area contributed by atoms with Gasteiger partial charge in [-0.15, -0.1) is 0 Å². The maximum absolute atomic E-state index is 10.7. The first kappa shape index (κ1) is 7.54. The quantitative estimate of drug-likeness (QED) is 0.570. The Balaban J connectivity index is 2.36. The Morgan fingerprint density at radius 1 is 1.90 bits per heavy atom. The fraction of sp³-hybridized carbons (Fsp3) is 0.857. The molecule has 3 heteroatoms. The van der Waals surface area contributed by atoms with Crippen molar-refractivity contribution in [3.63, 3.8) is 0 Å². The van der Waals surface area contributed by atoms with Crippen LogP contribution in [0.15, 0.2) is 0 Å². The van der Waals surface area contributed by atoms with Crippen molar-refractivity contribution in [3.05, 3.63) is 0 Å². The molecule has 10 heavy (non-hydrogen) atoms. The van der Waals surface area contributed by atoms with Gasteiger partial charge in [-0.1, -0.05) is 6.92 Å². The van der Waals surface area contributed by atoms with E-state index in [1.54, 1.807) is 0 Å². The van der Waals surface area contributed by atoms with E-state index in [0.29, 0.717) is 6.42 Å². The van der Waals surface area contributed by atoms with Crippen molar-refractivity contribution >= 4 is 5.91 Å². The number of carbonyl (C=O) groups is 1. The van der Waals surface area contributed by atoms with Gasteiger partial charge in [-0.25, -0.2) is 0 Å². The zero-order valence-corrected chi connectivity index (χ0v) is 6.26. The Labute approximate surface area is 61.0 Å². The van der Waals surface area contributed by atoms with Crippen molar-refractivity contribution in [2.45, 2.75) is 38.3 Å². The van der Waals surface area contributed by atoms with E-state index in [2.05, 4.69) is 5.32 Å². The zero-order chi connectivity index (χ0) is 7.56. The molecule has 1 saturated heterocycles. The molecule has 3 nitrogen and oxygen atoms in total. The number of rotatable bonds is 2. The van der Waals surface area contributed by atoms with Crippen LogP contribution in [-0.2, 0) is 4.79 Å². The topological polar surface area (TPSA) is 55.1 Å². The van der Waals surface area contributed by atoms with E-state index in [1.165, 1.54) is 0 Å². The normalized spacial score (nSPS) is 28.2. The van der Waals surface area contributed by atoms with Crippen LogP contribution in [0.2, 0.25) is 0 Å². The van der Waals surface area contributed by atoms with Gasteiger partial charge in [0.1, 0.15) is 0 Å². The number of nitrogens with one attached hydrogen (secondary N) is 1. The Morgan fingerprint density at radius 2 is 2.60 bits per heavy atom. The first-order valence-corrected chi connectivity index (χ1v) is 3.79. The first-order chi connectivity index (χ1) is 4.74. The van der Waals surface area contributed by atoms with Crippen LogP contribution in [0.25, 0.3) is 0 Å². The van der Waals surface area contributed by atoms with Gasteiger partial charge in [-0.05, 0) is 12.8 Å². The zero-order valence-electron chi connectivity index (χ0n) is 6.26. The van der Waals surface area contributed by atoms with Crippen LogP contribution in [0.3, 0.4) is 0 Å². The molecule has 0 aliphatic carbocycles. The monoisotopic (exact) mass is 142 g/mol. The molecule has 0 aromatic rings. The largest absolute Gasteiger partial charge is 0.352 e. The van der Waals surface area contributed by atoms with Gasteiger partial charge in [0.05, 0.1) is 0 Å². The summed E-state index contributed by atoms with van der Waals surface area (Å²) < 4.78 is 0. The lowest BCUT2D eigenvalue weighted by Gasteiger charge is -2.16. The molecule has 1 amide bonds. The summed E-state index contributed by atoms with van der Waals surface area (Å²) in [4.78, 5) is 10.7. The van der Waals surface area contributed by atoms with Gasteiger partial charge in [0, 0.05) is 18.5 Å². The molecule has 2 atom stereocenters. The van der Waals surface area contributed by atoms with Crippen LogP contribution in [0.1, 0.15) is 26.2 Å². The lowest BCUT2D eigenvalue weighted by Crippen LogP contribution is -2.41. The van der Waals surface area contributed by atoms with Gasteiger partial charge < -0.3 is 11.1 Å². The molecule has 0 bridgehead atoms. The van der Waals surface area contributed by atoms with Gasteiger partial charge in [-0.3, -0.25) is 4.79 Å². The molecule has 0 aromatic heterocycles. The van der Waals surface area contributed by atoms with Crippen LogP contribution in [-0.4, -0.2) is 18.0 Å². The number of nitrogens with two attached hydrogens (primary N) is 1. The summed E-state index contributed by atoms with van der Waals surface area (Å²) in [5.74, 6) is 0.147. The third kappa shape index (κ3) is 1.48. The molecule has 1 rings (SSSR count). The van der Waals surface area contributed by atoms with Crippen molar-refractivity contribution in [1.29, 1.82) is 0 Å². The molecule has 2 unspecified atom stereocenters. The minimum Gasteiger partial charge on any atom is -0.352 e. The lowest BCUT2D eigenvalue weighted by atomic mass is 10.1. The van der Waals surface area contributed by atoms with E-state index in [-0.39, 0.29) is 18.0 Å². The van der Waals surface area contributed by atoms with Gasteiger partial charge in [-0.2, -0.15) is 0 Å². The second kappa shape index (κ2) is 3.01. The fourth-order valence-electron chi connectivity index (χ4n) is 1.24. The van der Waals surface area contributed by atoms with E-state index in [9.17, 15) is 4.79 Å². The Hall–Kier alpha value is -0.570. The van der Waals surface area contributed by atoms with Gasteiger partial charge in [0.15, 0.2) is 0 Å². The molecule has 0 aromatic carbocycles. The van der Waals surface area contributed by atoms with Crippen LogP contribution >= 0.6 is 0 Å². The highest BCUT2D eigenvalue weighted by Crippen LogP contribution is 2.10. The molecule has 0 spiro atoms. The van der Waals surface area contributed by atoms with Crippen molar-refractivity contribution in [1.82, 2.24) is 5.32 Å². The summed E-state index contributed by atoms with van der Waals surface area (Å²) >= 11 is 0. The van der Waals surface area contributed by atoms with E-state index in [0.717, 1.165) is 12.8 Å². The SMILES string of the molecule is CCC(N)C1CCC(=O)N1. The second-order valence-corrected chi connectivity index (χ2v) is 2.78. The maximum Gasteiger partial charge on any atom is 0.220 e. The highest BCUT2D eigenvalue weighted by molar-refractivity contribution is 5.78. The highest BCUT2D eigenvalue weighted by atomic mass is 16.1. The number of hydrogen-bond donors (Lipinski definition) is 2. The summed E-state index contributed by atoms with van der Waals surface area (Å²) in [6.07, 6.45) is 2.50. The summed E-state index contributed by atoms with van der Waals surface area (Å²) in [6.45, 7) is 2.04. The third-order valence-corrected chi connectivity index (χ3v) is 2.02. The minimum atomic E-state index is 0.145. The predicted molar refractivity (Wildman–Crippen MR) is 39.4 cm³/mol. The summed E-state index contributed by atoms with van der Waals surface area (Å²) in [5, 5.41) is 2.84. The first-order valence-electron chi connectivity index (χ1n) is 3.79. The molecule has 58 valence electrons. The fourth-order valence-corrected chi connectivity index (χ4v) is 1.24. The molecular weight excluding hydrogens is 128 g/mol. The van der Waals surface area contributed by atoms with E-state index in [1.807, 2.05) is 6.92 Å². The highest BCUT2D eigenvalue weighted by Gasteiger charge is 2.24. The molecule has 1 heterocycles. The van der Waals surface area contributed by atoms with Crippen LogP contribution in [0.4, 0.5) is 0 Å². The number of carbonyl (C=O) groups excluding carboxylic acids is 1. The van der Waals surface area contributed by atoms with Crippen molar-refractivity contribution in [2.75, 3.05) is 0 Å². The Kier molecular flexibility index (Phi) is 2.27. The van der Waals surface area contributed by atoms with Gasteiger partial charge in [0.25, 0.3) is 0 Å². The van der Waals surface area contributed by atoms with Crippen LogP contribution in [0, 0.1) is 0 Å².